The topological polar surface area (TPSA) is 56.5 Å². The summed E-state index contributed by atoms with van der Waals surface area (Å²) >= 11 is 1.55. The second kappa shape index (κ2) is 4.76. The van der Waals surface area contributed by atoms with E-state index in [1.165, 1.54) is 0 Å². The van der Waals surface area contributed by atoms with Gasteiger partial charge in [0.1, 0.15) is 5.04 Å². The molecule has 0 aliphatic carbocycles. The van der Waals surface area contributed by atoms with Crippen LogP contribution in [0.1, 0.15) is 32.8 Å². The van der Waals surface area contributed by atoms with Gasteiger partial charge in [0.15, 0.2) is 12.1 Å². The molecule has 0 bridgehead atoms. The van der Waals surface area contributed by atoms with Crippen LogP contribution in [0.4, 0.5) is 0 Å². The van der Waals surface area contributed by atoms with E-state index in [9.17, 15) is 4.79 Å². The predicted octanol–water partition coefficient (Wildman–Crippen LogP) is 2.09. The summed E-state index contributed by atoms with van der Waals surface area (Å²) in [5.41, 5.74) is -0.510. The van der Waals surface area contributed by atoms with Crippen molar-refractivity contribution in [3.8, 4) is 0 Å². The number of aliphatic imine (C=N–C) groups is 1. The van der Waals surface area contributed by atoms with Crippen LogP contribution in [-0.4, -0.2) is 33.4 Å². The van der Waals surface area contributed by atoms with E-state index >= 15 is 0 Å². The van der Waals surface area contributed by atoms with Crippen molar-refractivity contribution in [1.82, 2.24) is 9.55 Å². The predicted molar refractivity (Wildman–Crippen MR) is 71.7 cm³/mol. The van der Waals surface area contributed by atoms with Crippen LogP contribution in [0.3, 0.4) is 0 Å². The molecule has 2 heterocycles. The van der Waals surface area contributed by atoms with E-state index in [-0.39, 0.29) is 12.2 Å². The van der Waals surface area contributed by atoms with Crippen LogP contribution in [0.25, 0.3) is 0 Å². The van der Waals surface area contributed by atoms with Crippen molar-refractivity contribution < 1.29 is 9.53 Å². The fourth-order valence-electron chi connectivity index (χ4n) is 1.58. The molecule has 0 saturated carbocycles. The van der Waals surface area contributed by atoms with Crippen LogP contribution in [-0.2, 0) is 9.53 Å². The number of thioether (sulfide) groups is 1. The minimum Gasteiger partial charge on any atom is -0.439 e. The Kier molecular flexibility index (Phi) is 3.47. The SMILES string of the molecule is CSC1=NCC(OC(=O)C(C)(C)C)n2ccnc21. The van der Waals surface area contributed by atoms with Gasteiger partial charge in [-0.2, -0.15) is 0 Å². The van der Waals surface area contributed by atoms with Crippen molar-refractivity contribution in [2.24, 2.45) is 10.4 Å². The molecular formula is C12H17N3O2S. The third-order valence-corrected chi connectivity index (χ3v) is 3.31. The molecule has 1 atom stereocenters. The van der Waals surface area contributed by atoms with Gasteiger partial charge < -0.3 is 4.74 Å². The number of rotatable bonds is 1. The lowest BCUT2D eigenvalue weighted by atomic mass is 9.97. The van der Waals surface area contributed by atoms with Gasteiger partial charge in [0.25, 0.3) is 0 Å². The molecule has 0 radical (unpaired) electrons. The lowest BCUT2D eigenvalue weighted by Crippen LogP contribution is -2.31. The Bertz CT molecular complexity index is 488. The zero-order chi connectivity index (χ0) is 13.3. The Morgan fingerprint density at radius 3 is 2.89 bits per heavy atom. The molecule has 18 heavy (non-hydrogen) atoms. The van der Waals surface area contributed by atoms with Crippen LogP contribution in [0.2, 0.25) is 0 Å². The maximum Gasteiger partial charge on any atom is 0.313 e. The molecule has 6 heteroatoms. The quantitative estimate of drug-likeness (QED) is 0.731. The van der Waals surface area contributed by atoms with E-state index in [1.54, 1.807) is 18.0 Å². The third-order valence-electron chi connectivity index (χ3n) is 2.61. The minimum atomic E-state index is -0.510. The van der Waals surface area contributed by atoms with Gasteiger partial charge in [0.05, 0.1) is 12.0 Å². The second-order valence-electron chi connectivity index (χ2n) is 5.12. The number of carbonyl (C=O) groups excluding carboxylic acids is 1. The molecule has 1 aromatic rings. The van der Waals surface area contributed by atoms with Crippen LogP contribution in [0.5, 0.6) is 0 Å². The average Bonchev–Trinajstić information content (AvgIpc) is 2.77. The fourth-order valence-corrected chi connectivity index (χ4v) is 2.13. The second-order valence-corrected chi connectivity index (χ2v) is 5.91. The number of carbonyl (C=O) groups is 1. The molecule has 98 valence electrons. The third kappa shape index (κ3) is 2.43. The lowest BCUT2D eigenvalue weighted by molar-refractivity contribution is -0.163. The summed E-state index contributed by atoms with van der Waals surface area (Å²) in [4.78, 5) is 20.6. The number of esters is 1. The Morgan fingerprint density at radius 1 is 1.56 bits per heavy atom. The average molecular weight is 267 g/mol. The highest BCUT2D eigenvalue weighted by Crippen LogP contribution is 2.25. The Labute approximate surface area is 111 Å². The van der Waals surface area contributed by atoms with E-state index in [1.807, 2.05) is 37.8 Å². The molecule has 1 aliphatic rings. The number of fused-ring (bicyclic) bond motifs is 1. The Hall–Kier alpha value is -1.30. The summed E-state index contributed by atoms with van der Waals surface area (Å²) in [5.74, 6) is 0.537. The molecule has 0 saturated heterocycles. The van der Waals surface area contributed by atoms with Crippen molar-refractivity contribution in [3.05, 3.63) is 18.2 Å². The van der Waals surface area contributed by atoms with Crippen molar-refractivity contribution >= 4 is 22.8 Å². The van der Waals surface area contributed by atoms with Crippen LogP contribution < -0.4 is 0 Å². The molecule has 0 aromatic carbocycles. The molecule has 1 aliphatic heterocycles. The molecule has 0 spiro atoms. The molecule has 1 aromatic heterocycles. The first-order chi connectivity index (χ1) is 8.43. The first-order valence-electron chi connectivity index (χ1n) is 5.76. The Balaban J connectivity index is 2.20. The summed E-state index contributed by atoms with van der Waals surface area (Å²) in [7, 11) is 0. The van der Waals surface area contributed by atoms with E-state index < -0.39 is 5.41 Å². The van der Waals surface area contributed by atoms with Crippen molar-refractivity contribution in [3.63, 3.8) is 0 Å². The van der Waals surface area contributed by atoms with Crippen molar-refractivity contribution in [1.29, 1.82) is 0 Å². The first-order valence-corrected chi connectivity index (χ1v) is 6.98. The smallest absolute Gasteiger partial charge is 0.313 e. The van der Waals surface area contributed by atoms with Gasteiger partial charge in [-0.15, -0.1) is 11.8 Å². The zero-order valence-electron chi connectivity index (χ0n) is 11.0. The maximum absolute atomic E-state index is 11.9. The van der Waals surface area contributed by atoms with Gasteiger partial charge in [-0.1, -0.05) is 0 Å². The van der Waals surface area contributed by atoms with Gasteiger partial charge in [0, 0.05) is 12.4 Å². The molecule has 1 unspecified atom stereocenters. The number of hydrogen-bond acceptors (Lipinski definition) is 5. The van der Waals surface area contributed by atoms with E-state index in [0.717, 1.165) is 10.9 Å². The number of aromatic nitrogens is 2. The first kappa shape index (κ1) is 13.1. The van der Waals surface area contributed by atoms with E-state index in [0.29, 0.717) is 6.54 Å². The molecular weight excluding hydrogens is 250 g/mol. The molecule has 5 nitrogen and oxygen atoms in total. The fraction of sp³-hybridized carbons (Fsp3) is 0.583. The van der Waals surface area contributed by atoms with Crippen LogP contribution in [0.15, 0.2) is 17.4 Å². The highest BCUT2D eigenvalue weighted by atomic mass is 32.2. The largest absolute Gasteiger partial charge is 0.439 e. The van der Waals surface area contributed by atoms with Gasteiger partial charge >= 0.3 is 5.97 Å². The summed E-state index contributed by atoms with van der Waals surface area (Å²) < 4.78 is 7.36. The zero-order valence-corrected chi connectivity index (χ0v) is 11.8. The monoisotopic (exact) mass is 267 g/mol. The summed E-state index contributed by atoms with van der Waals surface area (Å²) in [6.07, 6.45) is 5.09. The highest BCUT2D eigenvalue weighted by molar-refractivity contribution is 8.13. The number of ether oxygens (including phenoxy) is 1. The standard InChI is InChI=1S/C12H17N3O2S/c1-12(2,3)11(16)17-8-7-14-10(18-4)9-13-5-6-15(8)9/h5-6,8H,7H2,1-4H3. The maximum atomic E-state index is 11.9. The highest BCUT2D eigenvalue weighted by Gasteiger charge is 2.30. The van der Waals surface area contributed by atoms with Crippen LogP contribution >= 0.6 is 11.8 Å². The summed E-state index contributed by atoms with van der Waals surface area (Å²) in [6.45, 7) is 5.96. The summed E-state index contributed by atoms with van der Waals surface area (Å²) in [5, 5.41) is 0.878. The summed E-state index contributed by atoms with van der Waals surface area (Å²) in [6, 6.07) is 0. The normalized spacial score (nSPS) is 19.1. The minimum absolute atomic E-state index is 0.227. The molecule has 0 fully saturated rings. The van der Waals surface area contributed by atoms with Gasteiger partial charge in [0.2, 0.25) is 0 Å². The van der Waals surface area contributed by atoms with Gasteiger partial charge in [-0.25, -0.2) is 4.98 Å². The lowest BCUT2D eigenvalue weighted by Gasteiger charge is -2.26. The molecule has 2 rings (SSSR count). The van der Waals surface area contributed by atoms with E-state index in [4.69, 9.17) is 4.74 Å². The molecule has 0 N–H and O–H groups in total. The number of imidazole rings is 1. The van der Waals surface area contributed by atoms with E-state index in [2.05, 4.69) is 9.98 Å². The number of nitrogens with zero attached hydrogens (tertiary/aromatic N) is 3. The number of hydrogen-bond donors (Lipinski definition) is 0. The van der Waals surface area contributed by atoms with Crippen LogP contribution in [0, 0.1) is 5.41 Å². The van der Waals surface area contributed by atoms with Gasteiger partial charge in [-0.3, -0.25) is 14.4 Å². The molecule has 0 amide bonds. The Morgan fingerprint density at radius 2 is 2.28 bits per heavy atom. The van der Waals surface area contributed by atoms with Crippen molar-refractivity contribution in [2.75, 3.05) is 12.8 Å². The van der Waals surface area contributed by atoms with Gasteiger partial charge in [-0.05, 0) is 27.0 Å². The van der Waals surface area contributed by atoms with Crippen molar-refractivity contribution in [2.45, 2.75) is 27.0 Å².